The van der Waals surface area contributed by atoms with Crippen molar-refractivity contribution in [3.05, 3.63) is 78.1 Å². The van der Waals surface area contributed by atoms with E-state index in [1.165, 1.54) is 18.5 Å². The average Bonchev–Trinajstić information content (AvgIpc) is 2.92. The number of rotatable bonds is 5. The van der Waals surface area contributed by atoms with Gasteiger partial charge in [-0.15, -0.1) is 0 Å². The molecule has 0 spiro atoms. The molecule has 1 aromatic heterocycles. The Balaban J connectivity index is 1.32. The van der Waals surface area contributed by atoms with Crippen LogP contribution >= 0.6 is 0 Å². The number of benzene rings is 3. The molecule has 0 aliphatic carbocycles. The van der Waals surface area contributed by atoms with Gasteiger partial charge >= 0.3 is 6.18 Å². The van der Waals surface area contributed by atoms with Gasteiger partial charge in [0.1, 0.15) is 37.7 Å². The number of nitrogens with zero attached hydrogens (tertiary/aromatic N) is 2. The summed E-state index contributed by atoms with van der Waals surface area (Å²) in [5.41, 5.74) is 1.29. The Bertz CT molecular complexity index is 1400. The van der Waals surface area contributed by atoms with Gasteiger partial charge in [-0.25, -0.2) is 9.97 Å². The van der Waals surface area contributed by atoms with Crippen molar-refractivity contribution < 1.29 is 36.9 Å². The Morgan fingerprint density at radius 1 is 0.795 bits per heavy atom. The largest absolute Gasteiger partial charge is 0.489 e. The first-order valence-electron chi connectivity index (χ1n) is 12.3. The van der Waals surface area contributed by atoms with Gasteiger partial charge < -0.3 is 29.0 Å². The van der Waals surface area contributed by atoms with Gasteiger partial charge in [-0.3, -0.25) is 0 Å². The Morgan fingerprint density at radius 2 is 1.49 bits per heavy atom. The number of ether oxygens (including phenoxy) is 5. The first kappa shape index (κ1) is 26.5. The van der Waals surface area contributed by atoms with Crippen LogP contribution in [0.4, 0.5) is 24.7 Å². The summed E-state index contributed by atoms with van der Waals surface area (Å²) in [6.07, 6.45) is -2.92. The number of nitrogens with one attached hydrogen (secondary N) is 1. The molecule has 8 nitrogen and oxygen atoms in total. The highest BCUT2D eigenvalue weighted by atomic mass is 19.4. The van der Waals surface area contributed by atoms with Crippen LogP contribution in [0.1, 0.15) is 11.1 Å². The molecule has 4 aromatic rings. The molecule has 0 atom stereocenters. The molecule has 0 bridgehead atoms. The van der Waals surface area contributed by atoms with Gasteiger partial charge in [0.25, 0.3) is 0 Å². The van der Waals surface area contributed by atoms with Crippen LogP contribution in [-0.2, 0) is 22.3 Å². The summed E-state index contributed by atoms with van der Waals surface area (Å²) < 4.78 is 67.0. The molecular formula is C28H26F3N3O5. The molecule has 11 heteroatoms. The van der Waals surface area contributed by atoms with Crippen molar-refractivity contribution in [1.82, 2.24) is 9.97 Å². The van der Waals surface area contributed by atoms with E-state index in [0.29, 0.717) is 79.5 Å². The topological polar surface area (TPSA) is 84.0 Å². The summed E-state index contributed by atoms with van der Waals surface area (Å²) >= 11 is 0. The fraction of sp³-hybridized carbons (Fsp3) is 0.286. The minimum atomic E-state index is -4.37. The van der Waals surface area contributed by atoms with Gasteiger partial charge in [0.05, 0.1) is 37.5 Å². The number of hydrogen-bond acceptors (Lipinski definition) is 8. The highest BCUT2D eigenvalue weighted by Gasteiger charge is 2.29. The predicted molar refractivity (Wildman–Crippen MR) is 138 cm³/mol. The van der Waals surface area contributed by atoms with Crippen LogP contribution in [0.3, 0.4) is 0 Å². The molecule has 5 rings (SSSR count). The minimum absolute atomic E-state index is 0.121. The fourth-order valence-electron chi connectivity index (χ4n) is 3.89. The lowest BCUT2D eigenvalue weighted by atomic mass is 10.1. The van der Waals surface area contributed by atoms with Crippen molar-refractivity contribution in [2.75, 3.05) is 45.0 Å². The smallest absolute Gasteiger partial charge is 0.416 e. The second-order valence-electron chi connectivity index (χ2n) is 8.60. The lowest BCUT2D eigenvalue weighted by Crippen LogP contribution is -2.15. The van der Waals surface area contributed by atoms with E-state index in [2.05, 4.69) is 15.3 Å². The van der Waals surface area contributed by atoms with E-state index in [1.807, 2.05) is 12.1 Å². The monoisotopic (exact) mass is 541 g/mol. The molecular weight excluding hydrogens is 515 g/mol. The minimum Gasteiger partial charge on any atom is -0.489 e. The van der Waals surface area contributed by atoms with E-state index >= 15 is 0 Å². The number of anilines is 2. The van der Waals surface area contributed by atoms with E-state index in [4.69, 9.17) is 23.7 Å². The number of alkyl halides is 3. The Morgan fingerprint density at radius 3 is 2.21 bits per heavy atom. The van der Waals surface area contributed by atoms with Gasteiger partial charge in [-0.2, -0.15) is 13.2 Å². The van der Waals surface area contributed by atoms with Gasteiger partial charge in [-0.1, -0.05) is 18.2 Å². The molecule has 2 heterocycles. The third kappa shape index (κ3) is 7.06. The highest BCUT2D eigenvalue weighted by molar-refractivity contribution is 5.93. The Hall–Kier alpha value is -4.09. The van der Waals surface area contributed by atoms with Gasteiger partial charge in [0, 0.05) is 23.2 Å². The van der Waals surface area contributed by atoms with Crippen LogP contribution in [0, 0.1) is 0 Å². The van der Waals surface area contributed by atoms with Gasteiger partial charge in [0.15, 0.2) is 11.5 Å². The zero-order valence-electron chi connectivity index (χ0n) is 20.9. The molecule has 0 fully saturated rings. The molecule has 0 amide bonds. The van der Waals surface area contributed by atoms with E-state index in [9.17, 15) is 13.2 Å². The summed E-state index contributed by atoms with van der Waals surface area (Å²) in [7, 11) is 0. The van der Waals surface area contributed by atoms with E-state index < -0.39 is 11.7 Å². The van der Waals surface area contributed by atoms with Crippen LogP contribution in [0.15, 0.2) is 67.0 Å². The average molecular weight is 542 g/mol. The van der Waals surface area contributed by atoms with Crippen LogP contribution in [0.2, 0.25) is 0 Å². The van der Waals surface area contributed by atoms with Crippen molar-refractivity contribution in [3.8, 4) is 17.2 Å². The Labute approximate surface area is 222 Å². The second-order valence-corrected chi connectivity index (χ2v) is 8.60. The second kappa shape index (κ2) is 12.2. The van der Waals surface area contributed by atoms with Crippen LogP contribution in [-0.4, -0.2) is 49.6 Å². The normalized spacial score (nSPS) is 14.7. The molecule has 39 heavy (non-hydrogen) atoms. The third-order valence-corrected chi connectivity index (χ3v) is 5.83. The summed E-state index contributed by atoms with van der Waals surface area (Å²) in [6.45, 7) is 2.65. The summed E-state index contributed by atoms with van der Waals surface area (Å²) in [5.74, 6) is 2.19. The highest BCUT2D eigenvalue weighted by Crippen LogP contribution is 2.35. The summed E-state index contributed by atoms with van der Waals surface area (Å²) in [4.78, 5) is 8.79. The molecule has 0 unspecified atom stereocenters. The SMILES string of the molecule is FC(F)(F)c1ccc(COc2cccc(Nc3ncnc4cc5c(cc34)OCCOCCOCCO5)c2)cc1. The molecule has 0 radical (unpaired) electrons. The predicted octanol–water partition coefficient (Wildman–Crippen LogP) is 5.78. The zero-order chi connectivity index (χ0) is 27.1. The molecule has 1 aliphatic rings. The van der Waals surface area contributed by atoms with Crippen molar-refractivity contribution in [1.29, 1.82) is 0 Å². The number of halogens is 3. The molecule has 0 saturated heterocycles. The van der Waals surface area contributed by atoms with Crippen LogP contribution in [0.25, 0.3) is 10.9 Å². The lowest BCUT2D eigenvalue weighted by molar-refractivity contribution is -0.137. The van der Waals surface area contributed by atoms with Gasteiger partial charge in [0.2, 0.25) is 0 Å². The molecule has 3 aromatic carbocycles. The van der Waals surface area contributed by atoms with E-state index in [0.717, 1.165) is 17.5 Å². The maximum Gasteiger partial charge on any atom is 0.416 e. The van der Waals surface area contributed by atoms with Crippen molar-refractivity contribution in [2.45, 2.75) is 12.8 Å². The number of fused-ring (bicyclic) bond motifs is 2. The van der Waals surface area contributed by atoms with Crippen molar-refractivity contribution >= 4 is 22.4 Å². The summed E-state index contributed by atoms with van der Waals surface area (Å²) in [5, 5.41) is 4.01. The zero-order valence-corrected chi connectivity index (χ0v) is 20.9. The third-order valence-electron chi connectivity index (χ3n) is 5.83. The summed E-state index contributed by atoms with van der Waals surface area (Å²) in [6, 6.07) is 15.7. The lowest BCUT2D eigenvalue weighted by Gasteiger charge is -2.17. The van der Waals surface area contributed by atoms with Crippen molar-refractivity contribution in [3.63, 3.8) is 0 Å². The van der Waals surface area contributed by atoms with Gasteiger partial charge in [-0.05, 0) is 35.9 Å². The van der Waals surface area contributed by atoms with Crippen LogP contribution in [0.5, 0.6) is 17.2 Å². The van der Waals surface area contributed by atoms with E-state index in [1.54, 1.807) is 24.3 Å². The van der Waals surface area contributed by atoms with Crippen LogP contribution < -0.4 is 19.5 Å². The molecule has 1 aliphatic heterocycles. The fourth-order valence-corrected chi connectivity index (χ4v) is 3.89. The standard InChI is InChI=1S/C28H26F3N3O5/c29-28(30,31)20-6-4-19(5-7-20)17-39-22-3-1-2-21(14-22)34-27-23-15-25-26(16-24(23)32-18-33-27)38-13-11-36-9-8-35-10-12-37-25/h1-7,14-16,18H,8-13,17H2,(H,32,33,34). The Kier molecular flexibility index (Phi) is 8.28. The first-order valence-corrected chi connectivity index (χ1v) is 12.3. The molecule has 1 N–H and O–H groups in total. The van der Waals surface area contributed by atoms with Crippen molar-refractivity contribution in [2.24, 2.45) is 0 Å². The molecule has 204 valence electrons. The maximum atomic E-state index is 12.8. The quantitative estimate of drug-likeness (QED) is 0.341. The van der Waals surface area contributed by atoms with E-state index in [-0.39, 0.29) is 6.61 Å². The maximum absolute atomic E-state index is 12.8. The number of aromatic nitrogens is 2. The first-order chi connectivity index (χ1) is 19.0. The number of hydrogen-bond donors (Lipinski definition) is 1. The molecule has 0 saturated carbocycles.